The summed E-state index contributed by atoms with van der Waals surface area (Å²) in [6.07, 6.45) is 5.15. The van der Waals surface area contributed by atoms with Crippen molar-refractivity contribution in [1.29, 1.82) is 0 Å². The summed E-state index contributed by atoms with van der Waals surface area (Å²) in [7, 11) is 0. The molecule has 0 aromatic heterocycles. The van der Waals surface area contributed by atoms with E-state index < -0.39 is 0 Å². The number of rotatable bonds is 5. The van der Waals surface area contributed by atoms with Crippen molar-refractivity contribution < 1.29 is 4.74 Å². The molecule has 2 nitrogen and oxygen atoms in total. The van der Waals surface area contributed by atoms with Crippen LogP contribution in [0.15, 0.2) is 22.7 Å². The van der Waals surface area contributed by atoms with E-state index in [2.05, 4.69) is 20.8 Å². The predicted molar refractivity (Wildman–Crippen MR) is 79.6 cm³/mol. The summed E-state index contributed by atoms with van der Waals surface area (Å²) in [6.45, 7) is 4.37. The third-order valence-electron chi connectivity index (χ3n) is 3.22. The normalized spacial score (nSPS) is 16.8. The summed E-state index contributed by atoms with van der Waals surface area (Å²) < 4.78 is 6.68. The summed E-state index contributed by atoms with van der Waals surface area (Å²) in [6, 6.07) is 5.72. The lowest BCUT2D eigenvalue weighted by molar-refractivity contribution is 0.205. The van der Waals surface area contributed by atoms with Crippen molar-refractivity contribution in [3.05, 3.63) is 27.7 Å². The van der Waals surface area contributed by atoms with Gasteiger partial charge in [-0.3, -0.25) is 0 Å². The Balaban J connectivity index is 1.68. The van der Waals surface area contributed by atoms with Crippen molar-refractivity contribution in [3.63, 3.8) is 0 Å². The molecule has 0 saturated carbocycles. The maximum Gasteiger partial charge on any atom is 0.137 e. The molecule has 0 atom stereocenters. The van der Waals surface area contributed by atoms with E-state index in [0.717, 1.165) is 29.8 Å². The monoisotopic (exact) mass is 331 g/mol. The second-order valence-corrected chi connectivity index (χ2v) is 6.00. The SMILES string of the molecule is Clc1cc(Br)ccc1OCCCN1CCCCC1. The number of likely N-dealkylation sites (tertiary alicyclic amines) is 1. The van der Waals surface area contributed by atoms with Gasteiger partial charge in [0.25, 0.3) is 0 Å². The van der Waals surface area contributed by atoms with Crippen LogP contribution in [0.4, 0.5) is 0 Å². The predicted octanol–water partition coefficient (Wildman–Crippen LogP) is 4.36. The number of nitrogens with zero attached hydrogens (tertiary/aromatic N) is 1. The minimum absolute atomic E-state index is 0.669. The number of halogens is 2. The first-order valence-corrected chi connectivity index (χ1v) is 7.73. The number of benzene rings is 1. The van der Waals surface area contributed by atoms with Gasteiger partial charge in [-0.25, -0.2) is 0 Å². The van der Waals surface area contributed by atoms with Gasteiger partial charge in [-0.15, -0.1) is 0 Å². The molecule has 1 aliphatic rings. The van der Waals surface area contributed by atoms with Crippen LogP contribution in [0.2, 0.25) is 5.02 Å². The van der Waals surface area contributed by atoms with Crippen molar-refractivity contribution in [1.82, 2.24) is 4.90 Å². The summed E-state index contributed by atoms with van der Waals surface area (Å²) in [5.41, 5.74) is 0. The zero-order valence-corrected chi connectivity index (χ0v) is 12.8. The molecule has 1 saturated heterocycles. The zero-order chi connectivity index (χ0) is 12.8. The van der Waals surface area contributed by atoms with Crippen LogP contribution in [0.1, 0.15) is 25.7 Å². The average Bonchev–Trinajstić information content (AvgIpc) is 2.38. The minimum atomic E-state index is 0.669. The number of hydrogen-bond donors (Lipinski definition) is 0. The van der Waals surface area contributed by atoms with Crippen molar-refractivity contribution >= 4 is 27.5 Å². The van der Waals surface area contributed by atoms with Crippen LogP contribution >= 0.6 is 27.5 Å². The Morgan fingerprint density at radius 2 is 2.00 bits per heavy atom. The molecule has 0 radical (unpaired) electrons. The number of hydrogen-bond acceptors (Lipinski definition) is 2. The fourth-order valence-corrected chi connectivity index (χ4v) is 2.97. The molecule has 0 bridgehead atoms. The first-order chi connectivity index (χ1) is 8.75. The second kappa shape index (κ2) is 7.37. The highest BCUT2D eigenvalue weighted by Gasteiger charge is 2.09. The van der Waals surface area contributed by atoms with Crippen LogP contribution < -0.4 is 4.74 Å². The molecule has 0 spiro atoms. The average molecular weight is 333 g/mol. The third-order valence-corrected chi connectivity index (χ3v) is 4.01. The Kier molecular flexibility index (Phi) is 5.80. The van der Waals surface area contributed by atoms with Crippen molar-refractivity contribution in [2.45, 2.75) is 25.7 Å². The van der Waals surface area contributed by atoms with E-state index in [4.69, 9.17) is 16.3 Å². The molecule has 0 amide bonds. The standard InChI is InChI=1S/C14H19BrClNO/c15-12-5-6-14(13(16)11-12)18-10-4-9-17-7-2-1-3-8-17/h5-6,11H,1-4,7-10H2. The smallest absolute Gasteiger partial charge is 0.137 e. The first-order valence-electron chi connectivity index (χ1n) is 6.56. The van der Waals surface area contributed by atoms with Gasteiger partial charge in [0.2, 0.25) is 0 Å². The molecular weight excluding hydrogens is 314 g/mol. The quantitative estimate of drug-likeness (QED) is 0.743. The van der Waals surface area contributed by atoms with E-state index in [9.17, 15) is 0 Å². The van der Waals surface area contributed by atoms with Gasteiger partial charge in [-0.1, -0.05) is 34.0 Å². The molecule has 4 heteroatoms. The maximum absolute atomic E-state index is 6.09. The lowest BCUT2D eigenvalue weighted by Crippen LogP contribution is -2.31. The molecule has 0 unspecified atom stereocenters. The van der Waals surface area contributed by atoms with Crippen molar-refractivity contribution in [2.75, 3.05) is 26.2 Å². The summed E-state index contributed by atoms with van der Waals surface area (Å²) in [5.74, 6) is 0.776. The molecule has 100 valence electrons. The second-order valence-electron chi connectivity index (χ2n) is 4.68. The lowest BCUT2D eigenvalue weighted by atomic mass is 10.1. The van der Waals surface area contributed by atoms with E-state index >= 15 is 0 Å². The topological polar surface area (TPSA) is 12.5 Å². The van der Waals surface area contributed by atoms with Crippen LogP contribution in [-0.2, 0) is 0 Å². The van der Waals surface area contributed by atoms with E-state index in [0.29, 0.717) is 5.02 Å². The fourth-order valence-electron chi connectivity index (χ4n) is 2.25. The Labute approximate surface area is 122 Å². The van der Waals surface area contributed by atoms with Crippen molar-refractivity contribution in [2.24, 2.45) is 0 Å². The molecule has 1 aromatic rings. The van der Waals surface area contributed by atoms with E-state index in [1.165, 1.54) is 32.4 Å². The van der Waals surface area contributed by atoms with Gasteiger partial charge in [0.05, 0.1) is 11.6 Å². The molecule has 2 rings (SSSR count). The molecule has 18 heavy (non-hydrogen) atoms. The van der Waals surface area contributed by atoms with Gasteiger partial charge < -0.3 is 9.64 Å². The summed E-state index contributed by atoms with van der Waals surface area (Å²) in [5, 5.41) is 0.669. The van der Waals surface area contributed by atoms with Crippen molar-refractivity contribution in [3.8, 4) is 5.75 Å². The molecule has 1 heterocycles. The van der Waals surface area contributed by atoms with Gasteiger partial charge in [0.1, 0.15) is 5.75 Å². The fraction of sp³-hybridized carbons (Fsp3) is 0.571. The van der Waals surface area contributed by atoms with E-state index in [-0.39, 0.29) is 0 Å². The lowest BCUT2D eigenvalue weighted by Gasteiger charge is -2.26. The summed E-state index contributed by atoms with van der Waals surface area (Å²) in [4.78, 5) is 2.52. The number of piperidine rings is 1. The Hall–Kier alpha value is -0.250. The molecule has 0 aliphatic carbocycles. The van der Waals surface area contributed by atoms with Crippen LogP contribution in [-0.4, -0.2) is 31.1 Å². The Bertz CT molecular complexity index is 380. The molecule has 1 aromatic carbocycles. The van der Waals surface area contributed by atoms with Gasteiger partial charge in [0, 0.05) is 11.0 Å². The van der Waals surface area contributed by atoms with Gasteiger partial charge in [-0.2, -0.15) is 0 Å². The van der Waals surface area contributed by atoms with Crippen LogP contribution in [0, 0.1) is 0 Å². The zero-order valence-electron chi connectivity index (χ0n) is 10.5. The highest BCUT2D eigenvalue weighted by molar-refractivity contribution is 9.10. The number of ether oxygens (including phenoxy) is 1. The maximum atomic E-state index is 6.09. The molecule has 1 aliphatic heterocycles. The molecular formula is C14H19BrClNO. The van der Waals surface area contributed by atoms with Crippen LogP contribution in [0.5, 0.6) is 5.75 Å². The Morgan fingerprint density at radius 1 is 1.22 bits per heavy atom. The minimum Gasteiger partial charge on any atom is -0.492 e. The van der Waals surface area contributed by atoms with Crippen LogP contribution in [0.25, 0.3) is 0 Å². The third kappa shape index (κ3) is 4.45. The summed E-state index contributed by atoms with van der Waals surface area (Å²) >= 11 is 9.48. The van der Waals surface area contributed by atoms with Gasteiger partial charge >= 0.3 is 0 Å². The Morgan fingerprint density at radius 3 is 2.72 bits per heavy atom. The van der Waals surface area contributed by atoms with Crippen LogP contribution in [0.3, 0.4) is 0 Å². The highest BCUT2D eigenvalue weighted by Crippen LogP contribution is 2.27. The molecule has 1 fully saturated rings. The van der Waals surface area contributed by atoms with E-state index in [1.807, 2.05) is 18.2 Å². The van der Waals surface area contributed by atoms with Gasteiger partial charge in [-0.05, 0) is 50.6 Å². The highest BCUT2D eigenvalue weighted by atomic mass is 79.9. The van der Waals surface area contributed by atoms with E-state index in [1.54, 1.807) is 0 Å². The molecule has 0 N–H and O–H groups in total. The largest absolute Gasteiger partial charge is 0.492 e. The van der Waals surface area contributed by atoms with Gasteiger partial charge in [0.15, 0.2) is 0 Å². The first kappa shape index (κ1) is 14.2.